The summed E-state index contributed by atoms with van der Waals surface area (Å²) in [4.78, 5) is 0. The molecule has 0 spiro atoms. The molecule has 6 rings (SSSR count). The van der Waals surface area contributed by atoms with Crippen LogP contribution in [-0.4, -0.2) is 6.88 Å². The Bertz CT molecular complexity index is 1090. The number of hydrogen-bond donors (Lipinski definition) is 0. The summed E-state index contributed by atoms with van der Waals surface area (Å²) < 4.78 is 0. The Hall–Kier alpha value is -2.54. The van der Waals surface area contributed by atoms with E-state index in [0.717, 1.165) is 12.8 Å². The van der Waals surface area contributed by atoms with Crippen molar-refractivity contribution in [2.45, 2.75) is 39.0 Å². The van der Waals surface area contributed by atoms with Gasteiger partial charge >= 0.3 is 30.2 Å². The molecular weight excluding hydrogens is 528 g/mol. The van der Waals surface area contributed by atoms with Crippen LogP contribution in [0.1, 0.15) is 43.9 Å². The Kier molecular flexibility index (Phi) is 14.0. The molecule has 2 aliphatic rings. The van der Waals surface area contributed by atoms with Crippen LogP contribution in [0.3, 0.4) is 0 Å². The third-order valence-electron chi connectivity index (χ3n) is 5.34. The second-order valence-corrected chi connectivity index (χ2v) is 8.99. The van der Waals surface area contributed by atoms with Crippen molar-refractivity contribution in [2.75, 3.05) is 0 Å². The number of benzene rings is 4. The summed E-state index contributed by atoms with van der Waals surface area (Å²) in [6.45, 7) is 9.91. The van der Waals surface area contributed by atoms with Gasteiger partial charge in [-0.15, -0.1) is 23.1 Å². The average Bonchev–Trinajstić information content (AvgIpc) is 3.64. The monoisotopic (exact) mass is 558 g/mol. The van der Waals surface area contributed by atoms with Gasteiger partial charge in [0.25, 0.3) is 0 Å². The fourth-order valence-corrected chi connectivity index (χ4v) is 3.75. The van der Waals surface area contributed by atoms with Gasteiger partial charge in [-0.05, 0) is 11.8 Å². The summed E-state index contributed by atoms with van der Waals surface area (Å²) in [5.41, 5.74) is 7.27. The van der Waals surface area contributed by atoms with Gasteiger partial charge in [0.05, 0.1) is 0 Å². The third kappa shape index (κ3) is 10.2. The molecule has 2 heteroatoms. The van der Waals surface area contributed by atoms with Crippen molar-refractivity contribution in [3.05, 3.63) is 156 Å². The summed E-state index contributed by atoms with van der Waals surface area (Å²) >= 11 is 1.36. The smallest absolute Gasteiger partial charge is 0.171 e. The zero-order valence-electron chi connectivity index (χ0n) is 21.4. The maximum Gasteiger partial charge on any atom is -0.171 e. The molecule has 180 valence electrons. The number of hydrogen-bond acceptors (Lipinski definition) is 0. The van der Waals surface area contributed by atoms with Crippen molar-refractivity contribution in [1.82, 2.24) is 0 Å². The molecule has 0 saturated carbocycles. The van der Waals surface area contributed by atoms with Crippen LogP contribution >= 0.6 is 0 Å². The van der Waals surface area contributed by atoms with Gasteiger partial charge in [-0.3, -0.25) is 6.08 Å². The molecule has 0 aliphatic heterocycles. The minimum atomic E-state index is 0.191. The minimum Gasteiger partial charge on any atom is -0.184 e. The molecule has 0 N–H and O–H groups in total. The van der Waals surface area contributed by atoms with Crippen LogP contribution in [-0.2, 0) is 35.2 Å². The predicted octanol–water partition coefficient (Wildman–Crippen LogP) is 8.25. The van der Waals surface area contributed by atoms with Crippen LogP contribution in [0.5, 0.6) is 0 Å². The zero-order valence-corrected chi connectivity index (χ0v) is 24.8. The van der Waals surface area contributed by atoms with Crippen LogP contribution in [0.4, 0.5) is 0 Å². The van der Waals surface area contributed by atoms with Gasteiger partial charge in [-0.2, -0.15) is 97.1 Å². The Balaban J connectivity index is 0.000000196. The molecule has 0 fully saturated rings. The van der Waals surface area contributed by atoms with Gasteiger partial charge in [0.15, 0.2) is 0 Å². The molecule has 0 atom stereocenters. The zero-order chi connectivity index (χ0) is 26.1. The Morgan fingerprint density at radius 1 is 0.750 bits per heavy atom. The standard InChI is InChI=1S/C17H17.2C6H5.C5H5.Si.Zr/c1-17(2,3)15-10-6-8-13-11-12-7-4-5-9-14(12)16(13)15;2*1-2-4-6-5-3-1;1-2-4-5-3-1;;/h4-7,9-10H,11H2,1-3H3;2*1-5H;1-3H,4H2;;/q4*-1;;. The molecule has 2 aliphatic carbocycles. The normalized spacial score (nSPS) is 11.5. The van der Waals surface area contributed by atoms with Gasteiger partial charge in [0.1, 0.15) is 0 Å². The molecule has 36 heavy (non-hydrogen) atoms. The molecule has 0 unspecified atom stereocenters. The van der Waals surface area contributed by atoms with Crippen molar-refractivity contribution < 1.29 is 23.3 Å². The number of allylic oxidation sites excluding steroid dienone is 4. The van der Waals surface area contributed by atoms with Gasteiger partial charge in [-0.25, -0.2) is 12.2 Å². The largest absolute Gasteiger partial charge is 0.184 e. The topological polar surface area (TPSA) is 0 Å². The fraction of sp³-hybridized carbons (Fsp3) is 0.176. The van der Waals surface area contributed by atoms with Crippen molar-refractivity contribution in [3.8, 4) is 11.1 Å². The van der Waals surface area contributed by atoms with Crippen molar-refractivity contribution in [1.29, 1.82) is 0 Å². The summed E-state index contributed by atoms with van der Waals surface area (Å²) in [6, 6.07) is 41.4. The number of rotatable bonds is 0. The molecule has 0 bridgehead atoms. The summed E-state index contributed by atoms with van der Waals surface area (Å²) in [6.07, 6.45) is 11.0. The van der Waals surface area contributed by atoms with Crippen molar-refractivity contribution in [3.63, 3.8) is 0 Å². The molecule has 0 amide bonds. The van der Waals surface area contributed by atoms with E-state index in [1.807, 2.05) is 72.8 Å². The van der Waals surface area contributed by atoms with E-state index in [2.05, 4.69) is 94.4 Å². The molecule has 0 aromatic heterocycles. The summed E-state index contributed by atoms with van der Waals surface area (Å²) in [5, 5.41) is 0. The number of fused-ring (bicyclic) bond motifs is 3. The van der Waals surface area contributed by atoms with E-state index in [0.29, 0.717) is 0 Å². The average molecular weight is 560 g/mol. The maximum atomic E-state index is 3.41. The van der Waals surface area contributed by atoms with Crippen LogP contribution in [0.15, 0.2) is 115 Å². The third-order valence-corrected chi connectivity index (χ3v) is 5.34. The second-order valence-electron chi connectivity index (χ2n) is 8.99. The van der Waals surface area contributed by atoms with Crippen molar-refractivity contribution >= 4 is 6.88 Å². The van der Waals surface area contributed by atoms with E-state index in [4.69, 9.17) is 0 Å². The van der Waals surface area contributed by atoms with Gasteiger partial charge < -0.3 is 0 Å². The molecular formula is C34H32SiZr-4. The minimum absolute atomic E-state index is 0.191. The van der Waals surface area contributed by atoms with E-state index >= 15 is 0 Å². The van der Waals surface area contributed by atoms with Gasteiger partial charge in [-0.1, -0.05) is 56.2 Å². The first kappa shape index (κ1) is 29.7. The van der Waals surface area contributed by atoms with E-state index < -0.39 is 0 Å². The molecule has 4 aromatic carbocycles. The molecule has 0 nitrogen and oxygen atoms in total. The molecule has 4 aromatic rings. The van der Waals surface area contributed by atoms with Gasteiger partial charge in [0, 0.05) is 0 Å². The van der Waals surface area contributed by atoms with E-state index in [-0.39, 0.29) is 5.41 Å². The summed E-state index contributed by atoms with van der Waals surface area (Å²) in [7, 11) is 0. The molecule has 0 heterocycles. The maximum absolute atomic E-state index is 3.41. The Morgan fingerprint density at radius 2 is 1.36 bits per heavy atom. The fourth-order valence-electron chi connectivity index (χ4n) is 3.75. The van der Waals surface area contributed by atoms with E-state index in [1.54, 1.807) is 0 Å². The van der Waals surface area contributed by atoms with Crippen LogP contribution in [0.2, 0.25) is 0 Å². The SMILES string of the molecule is CC(C)(C)c1cc[c-]c2c1-c1ccccc1C2.[C-]1=CC=CC1.[Si]=[Zr].[c-]1ccccc1.[c-]1ccccc1. The van der Waals surface area contributed by atoms with Crippen molar-refractivity contribution in [2.24, 2.45) is 0 Å². The Morgan fingerprint density at radius 3 is 1.78 bits per heavy atom. The van der Waals surface area contributed by atoms with E-state index in [1.165, 1.54) is 51.2 Å². The van der Waals surface area contributed by atoms with Crippen LogP contribution in [0, 0.1) is 24.3 Å². The summed E-state index contributed by atoms with van der Waals surface area (Å²) in [5.74, 6) is 0. The van der Waals surface area contributed by atoms with Crippen LogP contribution < -0.4 is 0 Å². The molecule has 2 radical (unpaired) electrons. The first-order valence-electron chi connectivity index (χ1n) is 12.0. The predicted molar refractivity (Wildman–Crippen MR) is 150 cm³/mol. The second kappa shape index (κ2) is 17.0. The quantitative estimate of drug-likeness (QED) is 0.132. The van der Waals surface area contributed by atoms with Gasteiger partial charge in [0.2, 0.25) is 0 Å². The van der Waals surface area contributed by atoms with Crippen LogP contribution in [0.25, 0.3) is 11.1 Å². The molecule has 0 saturated heterocycles. The van der Waals surface area contributed by atoms with E-state index in [9.17, 15) is 0 Å². The first-order chi connectivity index (χ1) is 17.6. The first-order valence-corrected chi connectivity index (χ1v) is 16.2. The Labute approximate surface area is 235 Å².